The fraction of sp³-hybridized carbons (Fsp3) is 0.667. The van der Waals surface area contributed by atoms with E-state index >= 15 is 0 Å². The highest BCUT2D eigenvalue weighted by molar-refractivity contribution is 6.32. The molecule has 0 saturated carbocycles. The molecule has 10 heteroatoms. The van der Waals surface area contributed by atoms with Crippen LogP contribution in [0.1, 0.15) is 19.8 Å². The second-order valence-electron chi connectivity index (χ2n) is 5.87. The zero-order chi connectivity index (χ0) is 18.6. The molecule has 0 radical (unpaired) electrons. The Hall–Kier alpha value is -1.77. The van der Waals surface area contributed by atoms with Crippen LogP contribution in [0, 0.1) is 5.92 Å². The first-order valence-corrected chi connectivity index (χ1v) is 8.43. The molecule has 1 amide bonds. The molecule has 0 aliphatic carbocycles. The van der Waals surface area contributed by atoms with Gasteiger partial charge in [0.2, 0.25) is 5.91 Å². The maximum absolute atomic E-state index is 12.7. The molecule has 1 aliphatic heterocycles. The lowest BCUT2D eigenvalue weighted by atomic mass is 9.96. The fourth-order valence-corrected chi connectivity index (χ4v) is 3.22. The average molecular weight is 380 g/mol. The van der Waals surface area contributed by atoms with E-state index in [1.165, 1.54) is 6.33 Å². The van der Waals surface area contributed by atoms with Crippen molar-refractivity contribution in [1.82, 2.24) is 14.9 Å². The molecular weight excluding hydrogens is 359 g/mol. The second-order valence-corrected chi connectivity index (χ2v) is 6.22. The number of carbonyl (C=O) groups excluding carboxylic acids is 1. The van der Waals surface area contributed by atoms with Crippen LogP contribution in [-0.2, 0) is 4.79 Å². The van der Waals surface area contributed by atoms with Gasteiger partial charge in [0.25, 0.3) is 0 Å². The summed E-state index contributed by atoms with van der Waals surface area (Å²) in [6.07, 6.45) is -1.84. The van der Waals surface area contributed by atoms with Crippen molar-refractivity contribution in [3.8, 4) is 0 Å². The van der Waals surface area contributed by atoms with Gasteiger partial charge in [-0.15, -0.1) is 0 Å². The number of alkyl halides is 3. The number of rotatable bonds is 5. The molecule has 2 rings (SSSR count). The van der Waals surface area contributed by atoms with E-state index in [4.69, 9.17) is 11.6 Å². The van der Waals surface area contributed by atoms with E-state index in [1.807, 2.05) is 4.90 Å². The number of nitrogens with one attached hydrogen (secondary N) is 1. The Labute approximate surface area is 149 Å². The number of nitrogens with zero attached hydrogens (tertiary/aromatic N) is 4. The van der Waals surface area contributed by atoms with Crippen LogP contribution in [0.4, 0.5) is 24.7 Å². The highest BCUT2D eigenvalue weighted by Crippen LogP contribution is 2.32. The lowest BCUT2D eigenvalue weighted by Gasteiger charge is -2.36. The van der Waals surface area contributed by atoms with Gasteiger partial charge < -0.3 is 15.1 Å². The Balaban J connectivity index is 2.15. The maximum atomic E-state index is 12.7. The zero-order valence-electron chi connectivity index (χ0n) is 14.1. The van der Waals surface area contributed by atoms with Gasteiger partial charge in [-0.25, -0.2) is 9.97 Å². The Kier molecular flexibility index (Phi) is 6.31. The molecule has 1 unspecified atom stereocenters. The molecule has 6 nitrogen and oxygen atoms in total. The monoisotopic (exact) mass is 379 g/mol. The molecular formula is C15H21ClF3N5O. The van der Waals surface area contributed by atoms with Crippen molar-refractivity contribution < 1.29 is 18.0 Å². The largest absolute Gasteiger partial charge is 0.406 e. The summed E-state index contributed by atoms with van der Waals surface area (Å²) in [5, 5.41) is 3.19. The zero-order valence-corrected chi connectivity index (χ0v) is 14.9. The topological polar surface area (TPSA) is 61.4 Å². The summed E-state index contributed by atoms with van der Waals surface area (Å²) in [4.78, 5) is 23.4. The standard InChI is InChI=1S/C15H21ClF3N5O/c1-3-23(8-15(17,18)19)14(25)10-5-4-6-24(7-10)13-11(20-2)12(16)21-9-22-13/h9-10,20H,3-8H2,1-2H3. The molecule has 25 heavy (non-hydrogen) atoms. The van der Waals surface area contributed by atoms with E-state index in [1.54, 1.807) is 14.0 Å². The molecule has 1 atom stereocenters. The van der Waals surface area contributed by atoms with Crippen LogP contribution in [0.5, 0.6) is 0 Å². The Bertz CT molecular complexity index is 613. The number of piperidine rings is 1. The predicted molar refractivity (Wildman–Crippen MR) is 89.8 cm³/mol. The van der Waals surface area contributed by atoms with Crippen LogP contribution in [-0.4, -0.2) is 60.2 Å². The number of aromatic nitrogens is 2. The predicted octanol–water partition coefficient (Wildman–Crippen LogP) is 2.80. The van der Waals surface area contributed by atoms with Gasteiger partial charge in [0.05, 0.1) is 5.92 Å². The number of amides is 1. The third kappa shape index (κ3) is 4.87. The van der Waals surface area contributed by atoms with E-state index in [0.717, 1.165) is 4.90 Å². The molecule has 1 aromatic heterocycles. The molecule has 1 aromatic rings. The molecule has 0 spiro atoms. The minimum Gasteiger partial charge on any atom is -0.383 e. The van der Waals surface area contributed by atoms with Crippen LogP contribution in [0.3, 0.4) is 0 Å². The van der Waals surface area contributed by atoms with E-state index in [9.17, 15) is 18.0 Å². The average Bonchev–Trinajstić information content (AvgIpc) is 2.58. The fourth-order valence-electron chi connectivity index (χ4n) is 3.00. The van der Waals surface area contributed by atoms with Crippen molar-refractivity contribution in [2.45, 2.75) is 25.9 Å². The van der Waals surface area contributed by atoms with Gasteiger partial charge in [-0.3, -0.25) is 4.79 Å². The van der Waals surface area contributed by atoms with Crippen molar-refractivity contribution in [2.75, 3.05) is 43.4 Å². The summed E-state index contributed by atoms with van der Waals surface area (Å²) < 4.78 is 38.0. The third-order valence-electron chi connectivity index (χ3n) is 4.16. The Morgan fingerprint density at radius 2 is 2.20 bits per heavy atom. The summed E-state index contributed by atoms with van der Waals surface area (Å²) in [6, 6.07) is 0. The summed E-state index contributed by atoms with van der Waals surface area (Å²) >= 11 is 6.05. The van der Waals surface area contributed by atoms with Crippen molar-refractivity contribution in [2.24, 2.45) is 5.92 Å². The van der Waals surface area contributed by atoms with Gasteiger partial charge in [0.15, 0.2) is 11.0 Å². The molecule has 1 aliphatic rings. The van der Waals surface area contributed by atoms with Crippen molar-refractivity contribution in [1.29, 1.82) is 0 Å². The van der Waals surface area contributed by atoms with Crippen LogP contribution < -0.4 is 10.2 Å². The summed E-state index contributed by atoms with van der Waals surface area (Å²) in [6.45, 7) is 1.30. The number of anilines is 2. The SMILES string of the molecule is CCN(CC(F)(F)F)C(=O)C1CCCN(c2ncnc(Cl)c2NC)C1. The molecule has 0 bridgehead atoms. The van der Waals surface area contributed by atoms with Crippen molar-refractivity contribution >= 4 is 29.0 Å². The first kappa shape index (κ1) is 19.6. The lowest BCUT2D eigenvalue weighted by molar-refractivity contribution is -0.163. The van der Waals surface area contributed by atoms with Crippen LogP contribution >= 0.6 is 11.6 Å². The highest BCUT2D eigenvalue weighted by atomic mass is 35.5. The number of hydrogen-bond donors (Lipinski definition) is 1. The molecule has 140 valence electrons. The van der Waals surface area contributed by atoms with Crippen LogP contribution in [0.2, 0.25) is 5.15 Å². The molecule has 1 N–H and O–H groups in total. The summed E-state index contributed by atoms with van der Waals surface area (Å²) in [5.74, 6) is -0.427. The Morgan fingerprint density at radius 3 is 2.80 bits per heavy atom. The first-order chi connectivity index (χ1) is 11.8. The van der Waals surface area contributed by atoms with Gasteiger partial charge >= 0.3 is 6.18 Å². The van der Waals surface area contributed by atoms with E-state index in [0.29, 0.717) is 37.4 Å². The van der Waals surface area contributed by atoms with E-state index in [2.05, 4.69) is 15.3 Å². The van der Waals surface area contributed by atoms with Crippen molar-refractivity contribution in [3.05, 3.63) is 11.5 Å². The minimum atomic E-state index is -4.40. The first-order valence-electron chi connectivity index (χ1n) is 8.05. The maximum Gasteiger partial charge on any atom is 0.406 e. The van der Waals surface area contributed by atoms with Gasteiger partial charge in [0.1, 0.15) is 18.6 Å². The number of hydrogen-bond acceptors (Lipinski definition) is 5. The normalized spacial score (nSPS) is 18.2. The number of carbonyl (C=O) groups is 1. The molecule has 1 saturated heterocycles. The smallest absolute Gasteiger partial charge is 0.383 e. The van der Waals surface area contributed by atoms with Gasteiger partial charge in [-0.1, -0.05) is 11.6 Å². The van der Waals surface area contributed by atoms with Crippen LogP contribution in [0.25, 0.3) is 0 Å². The van der Waals surface area contributed by atoms with Gasteiger partial charge in [-0.2, -0.15) is 13.2 Å². The summed E-state index contributed by atoms with van der Waals surface area (Å²) in [5.41, 5.74) is 0.542. The highest BCUT2D eigenvalue weighted by Gasteiger charge is 2.36. The minimum absolute atomic E-state index is 0.0238. The van der Waals surface area contributed by atoms with Crippen molar-refractivity contribution in [3.63, 3.8) is 0 Å². The Morgan fingerprint density at radius 1 is 1.48 bits per heavy atom. The van der Waals surface area contributed by atoms with E-state index in [-0.39, 0.29) is 11.7 Å². The molecule has 1 fully saturated rings. The summed E-state index contributed by atoms with van der Waals surface area (Å²) in [7, 11) is 1.68. The van der Waals surface area contributed by atoms with Crippen LogP contribution in [0.15, 0.2) is 6.33 Å². The number of halogens is 4. The third-order valence-corrected chi connectivity index (χ3v) is 4.45. The molecule has 2 heterocycles. The lowest BCUT2D eigenvalue weighted by Crippen LogP contribution is -2.47. The van der Waals surface area contributed by atoms with Gasteiger partial charge in [-0.05, 0) is 19.8 Å². The second kappa shape index (κ2) is 8.07. The van der Waals surface area contributed by atoms with E-state index < -0.39 is 24.5 Å². The quantitative estimate of drug-likeness (QED) is 0.797. The molecule has 0 aromatic carbocycles. The van der Waals surface area contributed by atoms with Gasteiger partial charge in [0, 0.05) is 26.7 Å².